The van der Waals surface area contributed by atoms with E-state index in [9.17, 15) is 4.79 Å². The maximum Gasteiger partial charge on any atom is 0.500 e. The Morgan fingerprint density at radius 1 is 1.00 bits per heavy atom. The quantitative estimate of drug-likeness (QED) is 0.221. The van der Waals surface area contributed by atoms with Gasteiger partial charge in [-0.1, -0.05) is 0 Å². The van der Waals surface area contributed by atoms with Crippen molar-refractivity contribution >= 4 is 14.9 Å². The Kier molecular flexibility index (Phi) is 14.9. The lowest BCUT2D eigenvalue weighted by Crippen LogP contribution is -2.44. The molecule has 0 saturated heterocycles. The van der Waals surface area contributed by atoms with E-state index in [1.807, 2.05) is 6.92 Å². The SMILES string of the molecule is CCOC(=O)N(CCC[Si](OC)(OC)OC)CCOCCOC(C)OC. The summed E-state index contributed by atoms with van der Waals surface area (Å²) in [7, 11) is 3.66. The van der Waals surface area contributed by atoms with Gasteiger partial charge in [-0.2, -0.15) is 0 Å². The van der Waals surface area contributed by atoms with Gasteiger partial charge in [-0.05, 0) is 20.3 Å². The molecule has 0 aromatic carbocycles. The second-order valence-electron chi connectivity index (χ2n) is 5.37. The monoisotopic (exact) mass is 397 g/mol. The van der Waals surface area contributed by atoms with Gasteiger partial charge < -0.3 is 37.1 Å². The van der Waals surface area contributed by atoms with E-state index in [-0.39, 0.29) is 12.4 Å². The fourth-order valence-electron chi connectivity index (χ4n) is 2.17. The highest BCUT2D eigenvalue weighted by Gasteiger charge is 2.37. The summed E-state index contributed by atoms with van der Waals surface area (Å²) in [5.41, 5.74) is 0. The van der Waals surface area contributed by atoms with E-state index in [4.69, 9.17) is 32.2 Å². The van der Waals surface area contributed by atoms with Crippen LogP contribution < -0.4 is 0 Å². The molecule has 0 radical (unpaired) electrons. The lowest BCUT2D eigenvalue weighted by molar-refractivity contribution is -0.122. The minimum absolute atomic E-state index is 0.263. The zero-order chi connectivity index (χ0) is 19.8. The molecule has 10 heteroatoms. The minimum Gasteiger partial charge on any atom is -0.450 e. The van der Waals surface area contributed by atoms with E-state index >= 15 is 0 Å². The molecule has 0 aliphatic heterocycles. The summed E-state index contributed by atoms with van der Waals surface area (Å²) in [6.07, 6.45) is 0.0518. The molecule has 0 bridgehead atoms. The maximum atomic E-state index is 12.1. The third kappa shape index (κ3) is 10.4. The molecule has 1 unspecified atom stereocenters. The number of hydrogen-bond acceptors (Lipinski definition) is 8. The first-order valence-corrected chi connectivity index (χ1v) is 10.7. The normalized spacial score (nSPS) is 12.8. The van der Waals surface area contributed by atoms with Crippen LogP contribution >= 0.6 is 0 Å². The van der Waals surface area contributed by atoms with E-state index in [1.165, 1.54) is 0 Å². The number of rotatable bonds is 16. The Hall–Kier alpha value is -0.753. The Bertz CT molecular complexity index is 349. The third-order valence-electron chi connectivity index (χ3n) is 3.79. The van der Waals surface area contributed by atoms with E-state index < -0.39 is 8.80 Å². The topological polar surface area (TPSA) is 84.9 Å². The van der Waals surface area contributed by atoms with Crippen molar-refractivity contribution in [1.82, 2.24) is 4.90 Å². The molecule has 0 spiro atoms. The molecule has 0 N–H and O–H groups in total. The Morgan fingerprint density at radius 3 is 2.19 bits per heavy atom. The van der Waals surface area contributed by atoms with Crippen LogP contribution in [0.25, 0.3) is 0 Å². The molecular formula is C16H35NO8Si. The lowest BCUT2D eigenvalue weighted by atomic mass is 10.4. The number of hydrogen-bond donors (Lipinski definition) is 0. The Morgan fingerprint density at radius 2 is 1.65 bits per heavy atom. The van der Waals surface area contributed by atoms with Crippen LogP contribution in [0.3, 0.4) is 0 Å². The fraction of sp³-hybridized carbons (Fsp3) is 0.938. The predicted octanol–water partition coefficient (Wildman–Crippen LogP) is 1.74. The van der Waals surface area contributed by atoms with Crippen LogP contribution in [0.5, 0.6) is 0 Å². The average Bonchev–Trinajstić information content (AvgIpc) is 2.66. The van der Waals surface area contributed by atoms with Crippen LogP contribution in [0.1, 0.15) is 20.3 Å². The van der Waals surface area contributed by atoms with Crippen LogP contribution in [-0.2, 0) is 32.2 Å². The zero-order valence-electron chi connectivity index (χ0n) is 16.9. The van der Waals surface area contributed by atoms with Crippen molar-refractivity contribution in [3.63, 3.8) is 0 Å². The maximum absolute atomic E-state index is 12.1. The zero-order valence-corrected chi connectivity index (χ0v) is 17.9. The molecule has 0 heterocycles. The number of ether oxygens (including phenoxy) is 4. The smallest absolute Gasteiger partial charge is 0.450 e. The summed E-state index contributed by atoms with van der Waals surface area (Å²) >= 11 is 0. The lowest BCUT2D eigenvalue weighted by Gasteiger charge is -2.26. The molecule has 0 aromatic rings. The molecule has 0 aliphatic rings. The molecule has 9 nitrogen and oxygen atoms in total. The number of carbonyl (C=O) groups excluding carboxylic acids is 1. The van der Waals surface area contributed by atoms with E-state index in [0.717, 1.165) is 0 Å². The molecular weight excluding hydrogens is 362 g/mol. The summed E-state index contributed by atoms with van der Waals surface area (Å²) in [5, 5.41) is 0. The second-order valence-corrected chi connectivity index (χ2v) is 8.46. The summed E-state index contributed by atoms with van der Waals surface area (Å²) in [6, 6.07) is 0.607. The van der Waals surface area contributed by atoms with Crippen molar-refractivity contribution in [3.05, 3.63) is 0 Å². The highest BCUT2D eigenvalue weighted by Crippen LogP contribution is 2.15. The highest BCUT2D eigenvalue weighted by molar-refractivity contribution is 6.60. The van der Waals surface area contributed by atoms with Gasteiger partial charge in [-0.25, -0.2) is 4.79 Å². The first-order valence-electron chi connectivity index (χ1n) is 8.77. The van der Waals surface area contributed by atoms with Crippen LogP contribution in [0.15, 0.2) is 0 Å². The largest absolute Gasteiger partial charge is 0.500 e. The highest BCUT2D eigenvalue weighted by atomic mass is 28.4. The van der Waals surface area contributed by atoms with Gasteiger partial charge in [0.1, 0.15) is 0 Å². The first-order chi connectivity index (χ1) is 12.5. The summed E-state index contributed by atoms with van der Waals surface area (Å²) in [6.45, 7) is 6.10. The molecule has 0 aromatic heterocycles. The number of nitrogens with zero attached hydrogens (tertiary/aromatic N) is 1. The summed E-state index contributed by atoms with van der Waals surface area (Å²) in [5.74, 6) is 0. The van der Waals surface area contributed by atoms with Gasteiger partial charge in [0.05, 0.1) is 26.4 Å². The molecule has 26 heavy (non-hydrogen) atoms. The van der Waals surface area contributed by atoms with E-state index in [0.29, 0.717) is 52.0 Å². The minimum atomic E-state index is -2.64. The van der Waals surface area contributed by atoms with Crippen LogP contribution in [0, 0.1) is 0 Å². The molecule has 156 valence electrons. The molecule has 0 fully saturated rings. The molecule has 0 saturated carbocycles. The van der Waals surface area contributed by atoms with Crippen LogP contribution in [-0.4, -0.2) is 94.0 Å². The Labute approximate surface area is 158 Å². The van der Waals surface area contributed by atoms with Crippen molar-refractivity contribution < 1.29 is 37.0 Å². The summed E-state index contributed by atoms with van der Waals surface area (Å²) < 4.78 is 37.1. The van der Waals surface area contributed by atoms with Gasteiger partial charge in [-0.3, -0.25) is 0 Å². The molecule has 1 amide bonds. The standard InChI is InChI=1S/C16H35NO8Si/c1-7-24-16(18)17(9-8-14-26(20-4,21-5)22-6)10-11-23-12-13-25-15(2)19-3/h15H,7-14H2,1-6H3. The van der Waals surface area contributed by atoms with Gasteiger partial charge in [0.2, 0.25) is 0 Å². The van der Waals surface area contributed by atoms with Crippen LogP contribution in [0.2, 0.25) is 6.04 Å². The number of methoxy groups -OCH3 is 1. The second kappa shape index (κ2) is 15.3. The van der Waals surface area contributed by atoms with Gasteiger partial charge >= 0.3 is 14.9 Å². The van der Waals surface area contributed by atoms with Gasteiger partial charge in [0.15, 0.2) is 6.29 Å². The third-order valence-corrected chi connectivity index (χ3v) is 6.62. The van der Waals surface area contributed by atoms with Crippen LogP contribution in [0.4, 0.5) is 4.79 Å². The van der Waals surface area contributed by atoms with Crippen molar-refractivity contribution in [3.8, 4) is 0 Å². The average molecular weight is 398 g/mol. The molecule has 0 rings (SSSR count). The van der Waals surface area contributed by atoms with E-state index in [2.05, 4.69) is 0 Å². The predicted molar refractivity (Wildman–Crippen MR) is 98.0 cm³/mol. The van der Waals surface area contributed by atoms with Crippen molar-refractivity contribution in [2.75, 3.05) is 68.0 Å². The van der Waals surface area contributed by atoms with Gasteiger partial charge in [-0.15, -0.1) is 0 Å². The molecule has 0 aliphatic carbocycles. The summed E-state index contributed by atoms with van der Waals surface area (Å²) in [4.78, 5) is 13.7. The number of amides is 1. The first kappa shape index (κ1) is 25.2. The Balaban J connectivity index is 4.26. The number of carbonyl (C=O) groups is 1. The fourth-order valence-corrected chi connectivity index (χ4v) is 3.87. The van der Waals surface area contributed by atoms with Gasteiger partial charge in [0, 0.05) is 47.6 Å². The molecule has 1 atom stereocenters. The van der Waals surface area contributed by atoms with Crippen molar-refractivity contribution in [1.29, 1.82) is 0 Å². The van der Waals surface area contributed by atoms with Crippen molar-refractivity contribution in [2.45, 2.75) is 32.6 Å². The van der Waals surface area contributed by atoms with Crippen molar-refractivity contribution in [2.24, 2.45) is 0 Å². The van der Waals surface area contributed by atoms with Gasteiger partial charge in [0.25, 0.3) is 0 Å². The van der Waals surface area contributed by atoms with E-state index in [1.54, 1.807) is 40.3 Å².